The second-order valence-corrected chi connectivity index (χ2v) is 5.07. The number of thiophene rings is 1. The molecule has 9 heteroatoms. The molecule has 1 amide bonds. The van der Waals surface area contributed by atoms with E-state index >= 15 is 0 Å². The Balaban J connectivity index is 2.21. The number of rotatable bonds is 4. The monoisotopic (exact) mass is 295 g/mol. The molecule has 2 aromatic heterocycles. The Hall–Kier alpha value is -2.42. The Morgan fingerprint density at radius 1 is 1.55 bits per heavy atom. The number of nitrogens with one attached hydrogen (secondary N) is 2. The van der Waals surface area contributed by atoms with Gasteiger partial charge in [0.15, 0.2) is 0 Å². The topological polar surface area (TPSA) is 123 Å². The summed E-state index contributed by atoms with van der Waals surface area (Å²) in [5.74, 6) is -1.06. The van der Waals surface area contributed by atoms with E-state index in [-0.39, 0.29) is 18.4 Å². The first-order valence-electron chi connectivity index (χ1n) is 5.78. The van der Waals surface area contributed by atoms with Crippen molar-refractivity contribution < 1.29 is 14.3 Å². The summed E-state index contributed by atoms with van der Waals surface area (Å²) >= 11 is 1.27. The number of aromatic nitrogens is 3. The third kappa shape index (κ3) is 2.94. The van der Waals surface area contributed by atoms with Crippen LogP contribution in [0.1, 0.15) is 32.8 Å². The number of nitrogen functional groups attached to an aromatic ring is 1. The summed E-state index contributed by atoms with van der Waals surface area (Å²) in [4.78, 5) is 28.3. The van der Waals surface area contributed by atoms with Crippen LogP contribution >= 0.6 is 11.3 Å². The van der Waals surface area contributed by atoms with Gasteiger partial charge in [-0.1, -0.05) is 0 Å². The number of nitrogens with zero attached hydrogens (tertiary/aromatic N) is 2. The Kier molecular flexibility index (Phi) is 3.99. The summed E-state index contributed by atoms with van der Waals surface area (Å²) in [7, 11) is 0. The quantitative estimate of drug-likeness (QED) is 0.728. The maximum atomic E-state index is 11.9. The number of anilines is 2. The van der Waals surface area contributed by atoms with E-state index in [1.165, 1.54) is 11.3 Å². The van der Waals surface area contributed by atoms with E-state index < -0.39 is 11.9 Å². The van der Waals surface area contributed by atoms with E-state index in [1.54, 1.807) is 13.0 Å². The smallest absolute Gasteiger partial charge is 0.341 e. The van der Waals surface area contributed by atoms with Crippen molar-refractivity contribution in [1.29, 1.82) is 0 Å². The molecule has 0 unspecified atom stereocenters. The molecule has 2 rings (SSSR count). The highest BCUT2D eigenvalue weighted by atomic mass is 32.1. The summed E-state index contributed by atoms with van der Waals surface area (Å²) < 4.78 is 4.93. The first-order valence-corrected chi connectivity index (χ1v) is 6.59. The van der Waals surface area contributed by atoms with E-state index in [0.717, 1.165) is 4.88 Å². The molecule has 0 bridgehead atoms. The number of hydrogen-bond donors (Lipinski definition) is 3. The van der Waals surface area contributed by atoms with Crippen LogP contribution in [0.5, 0.6) is 0 Å². The van der Waals surface area contributed by atoms with Gasteiger partial charge in [0.1, 0.15) is 5.00 Å². The van der Waals surface area contributed by atoms with E-state index in [4.69, 9.17) is 10.5 Å². The molecular formula is C11H13N5O3S. The lowest BCUT2D eigenvalue weighted by Crippen LogP contribution is -2.15. The molecule has 0 spiro atoms. The Morgan fingerprint density at radius 3 is 2.90 bits per heavy atom. The zero-order valence-corrected chi connectivity index (χ0v) is 11.7. The second kappa shape index (κ2) is 5.70. The maximum absolute atomic E-state index is 11.9. The lowest BCUT2D eigenvalue weighted by molar-refractivity contribution is 0.0528. The van der Waals surface area contributed by atoms with Crippen LogP contribution in [0.2, 0.25) is 0 Å². The molecule has 0 aliphatic heterocycles. The zero-order chi connectivity index (χ0) is 14.7. The number of hydrogen-bond acceptors (Lipinski definition) is 7. The summed E-state index contributed by atoms with van der Waals surface area (Å²) in [6.45, 7) is 3.81. The van der Waals surface area contributed by atoms with Gasteiger partial charge in [-0.15, -0.1) is 16.4 Å². The van der Waals surface area contributed by atoms with E-state index in [1.807, 2.05) is 6.92 Å². The molecule has 0 saturated heterocycles. The van der Waals surface area contributed by atoms with Gasteiger partial charge in [-0.25, -0.2) is 4.79 Å². The minimum Gasteiger partial charge on any atom is -0.462 e. The largest absolute Gasteiger partial charge is 0.462 e. The van der Waals surface area contributed by atoms with Crippen molar-refractivity contribution >= 4 is 34.2 Å². The summed E-state index contributed by atoms with van der Waals surface area (Å²) in [5, 5.41) is 8.95. The van der Waals surface area contributed by atoms with Crippen molar-refractivity contribution in [3.63, 3.8) is 0 Å². The van der Waals surface area contributed by atoms with E-state index in [9.17, 15) is 9.59 Å². The van der Waals surface area contributed by atoms with Crippen molar-refractivity contribution in [2.75, 3.05) is 17.7 Å². The van der Waals surface area contributed by atoms with Crippen LogP contribution in [0, 0.1) is 6.92 Å². The number of esters is 1. The number of carbonyl (C=O) groups excluding carboxylic acids is 2. The van der Waals surface area contributed by atoms with Gasteiger partial charge >= 0.3 is 5.97 Å². The number of ether oxygens (including phenoxy) is 1. The molecule has 20 heavy (non-hydrogen) atoms. The van der Waals surface area contributed by atoms with Crippen LogP contribution in [-0.4, -0.2) is 33.7 Å². The average Bonchev–Trinajstić information content (AvgIpc) is 2.96. The van der Waals surface area contributed by atoms with Gasteiger partial charge in [-0.2, -0.15) is 4.98 Å². The number of H-pyrrole nitrogens is 1. The highest BCUT2D eigenvalue weighted by Crippen LogP contribution is 2.28. The Labute approximate surface area is 118 Å². The summed E-state index contributed by atoms with van der Waals surface area (Å²) in [5.41, 5.74) is 5.64. The predicted octanol–water partition coefficient (Wildman–Crippen LogP) is 1.19. The first kappa shape index (κ1) is 14.0. The van der Waals surface area contributed by atoms with Crippen molar-refractivity contribution in [3.05, 3.63) is 22.3 Å². The fraction of sp³-hybridized carbons (Fsp3) is 0.273. The summed E-state index contributed by atoms with van der Waals surface area (Å²) in [6.07, 6.45) is 0. The fourth-order valence-electron chi connectivity index (χ4n) is 1.51. The molecular weight excluding hydrogens is 282 g/mol. The second-order valence-electron chi connectivity index (χ2n) is 3.82. The average molecular weight is 295 g/mol. The van der Waals surface area contributed by atoms with Gasteiger partial charge < -0.3 is 15.8 Å². The lowest BCUT2D eigenvalue weighted by atomic mass is 10.3. The predicted molar refractivity (Wildman–Crippen MR) is 73.8 cm³/mol. The van der Waals surface area contributed by atoms with Gasteiger partial charge in [0.2, 0.25) is 11.8 Å². The molecule has 2 heterocycles. The van der Waals surface area contributed by atoms with Crippen LogP contribution in [0.25, 0.3) is 0 Å². The highest BCUT2D eigenvalue weighted by molar-refractivity contribution is 7.16. The number of aryl methyl sites for hydroxylation is 1. The van der Waals surface area contributed by atoms with Gasteiger partial charge in [-0.05, 0) is 19.9 Å². The SMILES string of the molecule is CCOC(=O)c1cc(C)sc1NC(=O)c1nc(N)n[nH]1. The third-order valence-electron chi connectivity index (χ3n) is 2.30. The molecule has 0 fully saturated rings. The summed E-state index contributed by atoms with van der Waals surface area (Å²) in [6, 6.07) is 1.66. The molecule has 0 aliphatic rings. The molecule has 0 aromatic carbocycles. The first-order chi connectivity index (χ1) is 9.51. The van der Waals surface area contributed by atoms with Gasteiger partial charge in [0, 0.05) is 4.88 Å². The maximum Gasteiger partial charge on any atom is 0.341 e. The molecule has 0 atom stereocenters. The minimum atomic E-state index is -0.526. The highest BCUT2D eigenvalue weighted by Gasteiger charge is 2.19. The number of carbonyl (C=O) groups is 2. The minimum absolute atomic E-state index is 0.0247. The lowest BCUT2D eigenvalue weighted by Gasteiger charge is -2.04. The van der Waals surface area contributed by atoms with Crippen molar-refractivity contribution in [3.8, 4) is 0 Å². The van der Waals surface area contributed by atoms with Crippen LogP contribution < -0.4 is 11.1 Å². The molecule has 0 radical (unpaired) electrons. The van der Waals surface area contributed by atoms with E-state index in [0.29, 0.717) is 10.6 Å². The number of amides is 1. The third-order valence-corrected chi connectivity index (χ3v) is 3.26. The molecule has 4 N–H and O–H groups in total. The van der Waals surface area contributed by atoms with Crippen LogP contribution in [-0.2, 0) is 4.74 Å². The molecule has 2 aromatic rings. The van der Waals surface area contributed by atoms with Gasteiger partial charge in [-0.3, -0.25) is 9.89 Å². The normalized spacial score (nSPS) is 10.3. The standard InChI is InChI=1S/C11H13N5O3S/c1-3-19-10(18)6-4-5(2)20-9(6)14-8(17)7-13-11(12)16-15-7/h4H,3H2,1-2H3,(H,14,17)(H3,12,13,15,16). The number of aromatic amines is 1. The van der Waals surface area contributed by atoms with Crippen molar-refractivity contribution in [2.45, 2.75) is 13.8 Å². The molecule has 0 aliphatic carbocycles. The van der Waals surface area contributed by atoms with E-state index in [2.05, 4.69) is 20.5 Å². The zero-order valence-electron chi connectivity index (χ0n) is 10.9. The van der Waals surface area contributed by atoms with Gasteiger partial charge in [0.05, 0.1) is 12.2 Å². The molecule has 0 saturated carbocycles. The van der Waals surface area contributed by atoms with Gasteiger partial charge in [0.25, 0.3) is 5.91 Å². The Morgan fingerprint density at radius 2 is 2.30 bits per heavy atom. The fourth-order valence-corrected chi connectivity index (χ4v) is 2.40. The van der Waals surface area contributed by atoms with Crippen LogP contribution in [0.4, 0.5) is 10.9 Å². The van der Waals surface area contributed by atoms with Crippen LogP contribution in [0.3, 0.4) is 0 Å². The Bertz CT molecular complexity index is 648. The molecule has 106 valence electrons. The van der Waals surface area contributed by atoms with Crippen LogP contribution in [0.15, 0.2) is 6.07 Å². The van der Waals surface area contributed by atoms with Crippen molar-refractivity contribution in [2.24, 2.45) is 0 Å². The molecule has 8 nitrogen and oxygen atoms in total. The van der Waals surface area contributed by atoms with Crippen molar-refractivity contribution in [1.82, 2.24) is 15.2 Å². The number of nitrogens with two attached hydrogens (primary N) is 1.